The Morgan fingerprint density at radius 2 is 1.53 bits per heavy atom. The van der Waals surface area contributed by atoms with Gasteiger partial charge in [0.1, 0.15) is 5.75 Å². The van der Waals surface area contributed by atoms with E-state index >= 15 is 0 Å². The van der Waals surface area contributed by atoms with Crippen molar-refractivity contribution in [2.45, 2.75) is 139 Å². The third-order valence-electron chi connectivity index (χ3n) is 11.5. The summed E-state index contributed by atoms with van der Waals surface area (Å²) >= 11 is 0. The highest BCUT2D eigenvalue weighted by Crippen LogP contribution is 2.63. The van der Waals surface area contributed by atoms with E-state index in [0.29, 0.717) is 36.5 Å². The number of alkyl halides is 9. The molecule has 0 heterocycles. The molecule has 0 amide bonds. The van der Waals surface area contributed by atoms with Crippen LogP contribution in [-0.4, -0.2) is 51.3 Å². The van der Waals surface area contributed by atoms with Crippen LogP contribution in [0.5, 0.6) is 5.75 Å². The molecule has 2 saturated carbocycles. The molecule has 0 aromatic heterocycles. The van der Waals surface area contributed by atoms with Gasteiger partial charge in [0.2, 0.25) is 0 Å². The molecule has 0 spiro atoms. The minimum Gasteiger partial charge on any atom is -0.508 e. The number of aromatic hydroxyl groups is 1. The third-order valence-corrected chi connectivity index (χ3v) is 11.5. The van der Waals surface area contributed by atoms with Crippen LogP contribution in [0.1, 0.15) is 114 Å². The number of carbonyl (C=O) groups is 1. The van der Waals surface area contributed by atoms with E-state index in [2.05, 4.69) is 13.0 Å². The lowest BCUT2D eigenvalue weighted by Gasteiger charge is -2.54. The van der Waals surface area contributed by atoms with Crippen molar-refractivity contribution in [3.63, 3.8) is 0 Å². The molecule has 4 nitrogen and oxygen atoms in total. The van der Waals surface area contributed by atoms with Crippen molar-refractivity contribution in [2.24, 2.45) is 29.1 Å². The molecule has 1 aromatic rings. The van der Waals surface area contributed by atoms with Crippen LogP contribution < -0.4 is 0 Å². The number of unbranched alkanes of at least 4 members (excludes halogenated alkanes) is 5. The Kier molecular flexibility index (Phi) is 11.2. The first-order chi connectivity index (χ1) is 21.7. The van der Waals surface area contributed by atoms with Gasteiger partial charge in [-0.15, -0.1) is 0 Å². The summed E-state index contributed by atoms with van der Waals surface area (Å²) < 4.78 is 118. The molecule has 0 bridgehead atoms. The number of halogens is 9. The van der Waals surface area contributed by atoms with Crippen molar-refractivity contribution in [2.75, 3.05) is 0 Å². The lowest BCUT2D eigenvalue weighted by molar-refractivity contribution is -0.396. The monoisotopic (exact) mass is 688 g/mol. The van der Waals surface area contributed by atoms with Gasteiger partial charge >= 0.3 is 29.9 Å². The van der Waals surface area contributed by atoms with E-state index < -0.39 is 48.7 Å². The van der Waals surface area contributed by atoms with E-state index in [1.807, 2.05) is 6.07 Å². The molecule has 268 valence electrons. The zero-order valence-corrected chi connectivity index (χ0v) is 26.5. The number of carboxylic acid groups (broad SMARTS) is 1. The normalized spacial score (nSPS) is 28.8. The molecule has 13 heteroatoms. The lowest BCUT2D eigenvalue weighted by atomic mass is 9.51. The summed E-state index contributed by atoms with van der Waals surface area (Å²) in [5.41, 5.74) is 2.37. The number of aliphatic carboxylic acids is 1. The largest absolute Gasteiger partial charge is 0.508 e. The number of rotatable bonds is 15. The van der Waals surface area contributed by atoms with Gasteiger partial charge < -0.3 is 15.3 Å². The van der Waals surface area contributed by atoms with Gasteiger partial charge in [0, 0.05) is 6.42 Å². The number of aliphatic hydroxyl groups excluding tert-OH is 1. The van der Waals surface area contributed by atoms with Gasteiger partial charge in [-0.05, 0) is 104 Å². The van der Waals surface area contributed by atoms with Gasteiger partial charge in [-0.25, -0.2) is 0 Å². The second kappa shape index (κ2) is 14.0. The Bertz CT molecular complexity index is 1240. The van der Waals surface area contributed by atoms with Crippen LogP contribution in [0.4, 0.5) is 39.5 Å². The minimum absolute atomic E-state index is 0.125. The van der Waals surface area contributed by atoms with Crippen LogP contribution in [0.3, 0.4) is 0 Å². The molecule has 4 rings (SSSR count). The van der Waals surface area contributed by atoms with Crippen molar-refractivity contribution < 1.29 is 59.6 Å². The highest BCUT2D eigenvalue weighted by molar-refractivity contribution is 5.69. The Morgan fingerprint density at radius 1 is 0.894 bits per heavy atom. The molecule has 1 aromatic carbocycles. The number of phenols is 1. The molecule has 0 radical (unpaired) electrons. The predicted molar refractivity (Wildman–Crippen MR) is 156 cm³/mol. The lowest BCUT2D eigenvalue weighted by Crippen LogP contribution is -2.60. The molecular weight excluding hydrogens is 643 g/mol. The number of hydrogen-bond donors (Lipinski definition) is 3. The maximum absolute atomic E-state index is 13.9. The topological polar surface area (TPSA) is 77.8 Å². The second-order valence-electron chi connectivity index (χ2n) is 14.4. The van der Waals surface area contributed by atoms with Gasteiger partial charge in [0.05, 0.1) is 12.0 Å². The molecule has 3 aliphatic carbocycles. The SMILES string of the molecule is C[C@]12CC(CCCCCCCCC(CCC(F)(F)C(F)(F)C(F)(F)C(F)(F)F)C(=O)O)C3c4ccc(O)cc4CCC3C1CCC2O. The molecule has 3 N–H and O–H groups in total. The van der Waals surface area contributed by atoms with E-state index in [1.165, 1.54) is 11.1 Å². The number of phenolic OH excluding ortho intramolecular Hbond substituents is 1. The highest BCUT2D eigenvalue weighted by Gasteiger charge is 2.81. The molecule has 47 heavy (non-hydrogen) atoms. The minimum atomic E-state index is -6.98. The summed E-state index contributed by atoms with van der Waals surface area (Å²) in [7, 11) is 0. The van der Waals surface area contributed by atoms with Gasteiger partial charge in [-0.3, -0.25) is 4.79 Å². The van der Waals surface area contributed by atoms with E-state index in [-0.39, 0.29) is 30.1 Å². The third kappa shape index (κ3) is 7.39. The molecule has 2 fully saturated rings. The number of aryl methyl sites for hydroxylation is 1. The fraction of sp³-hybridized carbons (Fsp3) is 0.794. The Hall–Kier alpha value is -2.18. The molecule has 0 saturated heterocycles. The summed E-state index contributed by atoms with van der Waals surface area (Å²) in [5.74, 6) is -20.8. The smallest absolute Gasteiger partial charge is 0.460 e. The Morgan fingerprint density at radius 3 is 2.17 bits per heavy atom. The van der Waals surface area contributed by atoms with E-state index in [0.717, 1.165) is 57.8 Å². The summed E-state index contributed by atoms with van der Waals surface area (Å²) in [5, 5.41) is 30.3. The van der Waals surface area contributed by atoms with Gasteiger partial charge in [0.15, 0.2) is 0 Å². The number of fused-ring (bicyclic) bond motifs is 5. The first kappa shape index (κ1) is 37.6. The standard InChI is InChI=1S/C34H45F9O4/c1-30-19-22(28-24-13-11-23(44)18-21(24)10-12-25(28)26(30)14-15-27(30)45)9-7-5-3-2-4-6-8-20(29(46)47)16-17-31(35,36)32(37,38)33(39,40)34(41,42)43/h11,13,18,20,22,25-28,44-45H,2-10,12,14-17,19H2,1H3,(H,46,47)/t20?,22?,25?,26?,27?,28?,30-/m0/s1. The van der Waals surface area contributed by atoms with E-state index in [1.54, 1.807) is 6.07 Å². The van der Waals surface area contributed by atoms with Crippen LogP contribution in [-0.2, 0) is 11.2 Å². The average molecular weight is 689 g/mol. The fourth-order valence-corrected chi connectivity index (χ4v) is 8.95. The second-order valence-corrected chi connectivity index (χ2v) is 14.4. The zero-order valence-electron chi connectivity index (χ0n) is 26.5. The molecule has 7 atom stereocenters. The molecule has 3 aliphatic rings. The maximum atomic E-state index is 13.9. The van der Waals surface area contributed by atoms with Crippen molar-refractivity contribution in [3.05, 3.63) is 29.3 Å². The maximum Gasteiger partial charge on any atom is 0.460 e. The van der Waals surface area contributed by atoms with Crippen molar-refractivity contribution in [3.8, 4) is 5.75 Å². The zero-order chi connectivity index (χ0) is 35.0. The summed E-state index contributed by atoms with van der Waals surface area (Å²) in [6, 6.07) is 5.66. The van der Waals surface area contributed by atoms with Crippen LogP contribution in [0.15, 0.2) is 18.2 Å². The number of aliphatic hydroxyl groups is 1. The summed E-state index contributed by atoms with van der Waals surface area (Å²) in [4.78, 5) is 11.5. The fourth-order valence-electron chi connectivity index (χ4n) is 8.95. The van der Waals surface area contributed by atoms with Gasteiger partial charge in [0.25, 0.3) is 0 Å². The Labute approximate surface area is 269 Å². The molecule has 6 unspecified atom stereocenters. The van der Waals surface area contributed by atoms with Crippen LogP contribution in [0.2, 0.25) is 0 Å². The van der Waals surface area contributed by atoms with Crippen molar-refractivity contribution in [1.82, 2.24) is 0 Å². The van der Waals surface area contributed by atoms with Crippen molar-refractivity contribution in [1.29, 1.82) is 0 Å². The van der Waals surface area contributed by atoms with Crippen LogP contribution in [0.25, 0.3) is 0 Å². The first-order valence-electron chi connectivity index (χ1n) is 16.7. The molecule has 0 aliphatic heterocycles. The van der Waals surface area contributed by atoms with E-state index in [4.69, 9.17) is 0 Å². The van der Waals surface area contributed by atoms with Crippen LogP contribution >= 0.6 is 0 Å². The highest BCUT2D eigenvalue weighted by atomic mass is 19.4. The summed E-state index contributed by atoms with van der Waals surface area (Å²) in [6.45, 7) is 2.22. The average Bonchev–Trinajstić information content (AvgIpc) is 3.27. The van der Waals surface area contributed by atoms with Crippen molar-refractivity contribution >= 4 is 5.97 Å². The van der Waals surface area contributed by atoms with E-state index in [9.17, 15) is 59.6 Å². The van der Waals surface area contributed by atoms with Gasteiger partial charge in [-0.1, -0.05) is 51.5 Å². The predicted octanol–water partition coefficient (Wildman–Crippen LogP) is 9.91. The summed E-state index contributed by atoms with van der Waals surface area (Å²) in [6.07, 6.45) is -1.01. The quantitative estimate of drug-likeness (QED) is 0.127. The molecular formula is C34H45F9O4. The van der Waals surface area contributed by atoms with Crippen LogP contribution in [0, 0.1) is 29.1 Å². The number of carboxylic acids is 1. The number of hydrogen-bond acceptors (Lipinski definition) is 3. The number of benzene rings is 1. The Balaban J connectivity index is 1.24. The first-order valence-corrected chi connectivity index (χ1v) is 16.7. The van der Waals surface area contributed by atoms with Gasteiger partial charge in [-0.2, -0.15) is 39.5 Å².